The van der Waals surface area contributed by atoms with Crippen molar-refractivity contribution in [3.63, 3.8) is 0 Å². The molecule has 2 nitrogen and oxygen atoms in total. The van der Waals surface area contributed by atoms with Crippen molar-refractivity contribution < 1.29 is 4.74 Å². The van der Waals surface area contributed by atoms with Gasteiger partial charge in [0.25, 0.3) is 0 Å². The molecule has 3 heteroatoms. The summed E-state index contributed by atoms with van der Waals surface area (Å²) in [6.07, 6.45) is 3.61. The number of hydrogen-bond acceptors (Lipinski definition) is 2. The zero-order chi connectivity index (χ0) is 8.77. The maximum Gasteiger partial charge on any atom is 0.137 e. The molecule has 0 N–H and O–H groups in total. The van der Waals surface area contributed by atoms with E-state index < -0.39 is 0 Å². The van der Waals surface area contributed by atoms with Crippen LogP contribution in [0.4, 0.5) is 0 Å². The van der Waals surface area contributed by atoms with Crippen molar-refractivity contribution in [2.24, 2.45) is 5.92 Å². The summed E-state index contributed by atoms with van der Waals surface area (Å²) < 4.78 is 5.59. The SMILES string of the molecule is CO[C@@]12CCC[C@@H](CN1C)[C@H]2Cl. The van der Waals surface area contributed by atoms with E-state index in [0.29, 0.717) is 5.92 Å². The molecule has 0 radical (unpaired) electrons. The molecule has 2 bridgehead atoms. The number of nitrogens with zero attached hydrogens (tertiary/aromatic N) is 1. The summed E-state index contributed by atoms with van der Waals surface area (Å²) in [6, 6.07) is 0. The smallest absolute Gasteiger partial charge is 0.137 e. The lowest BCUT2D eigenvalue weighted by molar-refractivity contribution is -0.109. The number of methoxy groups -OCH3 is 1. The fourth-order valence-corrected chi connectivity index (χ4v) is 3.30. The molecule has 12 heavy (non-hydrogen) atoms. The molecule has 0 aromatic carbocycles. The highest BCUT2D eigenvalue weighted by Crippen LogP contribution is 2.46. The first-order valence-electron chi connectivity index (χ1n) is 4.61. The van der Waals surface area contributed by atoms with Gasteiger partial charge in [-0.2, -0.15) is 0 Å². The van der Waals surface area contributed by atoms with Crippen LogP contribution in [0.15, 0.2) is 0 Å². The lowest BCUT2D eigenvalue weighted by Crippen LogP contribution is -2.50. The van der Waals surface area contributed by atoms with Gasteiger partial charge in [0.15, 0.2) is 0 Å². The van der Waals surface area contributed by atoms with Crippen LogP contribution < -0.4 is 0 Å². The van der Waals surface area contributed by atoms with E-state index in [1.807, 2.05) is 0 Å². The summed E-state index contributed by atoms with van der Waals surface area (Å²) in [6.45, 7) is 1.10. The van der Waals surface area contributed by atoms with Gasteiger partial charge in [0.1, 0.15) is 5.72 Å². The monoisotopic (exact) mass is 189 g/mol. The molecule has 2 fully saturated rings. The standard InChI is InChI=1S/C9H16ClNO/c1-11-6-7-4-3-5-9(11,12-2)8(7)10/h7-8H,3-6H2,1-2H3/t7-,8+,9+/m0/s1. The summed E-state index contributed by atoms with van der Waals surface area (Å²) >= 11 is 6.37. The number of likely N-dealkylation sites (tertiary alicyclic amines) is 1. The fourth-order valence-electron chi connectivity index (χ4n) is 2.73. The number of fused-ring (bicyclic) bond motifs is 2. The van der Waals surface area contributed by atoms with Gasteiger partial charge in [-0.15, -0.1) is 11.6 Å². The average Bonchev–Trinajstić information content (AvgIpc) is 2.23. The maximum absolute atomic E-state index is 6.37. The maximum atomic E-state index is 6.37. The number of halogens is 1. The Balaban J connectivity index is 2.27. The van der Waals surface area contributed by atoms with Crippen molar-refractivity contribution in [2.45, 2.75) is 30.4 Å². The van der Waals surface area contributed by atoms with Crippen molar-refractivity contribution in [2.75, 3.05) is 20.7 Å². The van der Waals surface area contributed by atoms with Crippen LogP contribution in [0.5, 0.6) is 0 Å². The van der Waals surface area contributed by atoms with E-state index in [2.05, 4.69) is 11.9 Å². The van der Waals surface area contributed by atoms with E-state index in [9.17, 15) is 0 Å². The van der Waals surface area contributed by atoms with E-state index in [1.165, 1.54) is 12.8 Å². The number of ether oxygens (including phenoxy) is 1. The van der Waals surface area contributed by atoms with Crippen LogP contribution in [-0.4, -0.2) is 36.7 Å². The van der Waals surface area contributed by atoms with Gasteiger partial charge in [-0.3, -0.25) is 4.90 Å². The molecule has 1 saturated carbocycles. The van der Waals surface area contributed by atoms with Gasteiger partial charge in [0, 0.05) is 13.7 Å². The second-order valence-electron chi connectivity index (χ2n) is 3.98. The van der Waals surface area contributed by atoms with Gasteiger partial charge in [0.05, 0.1) is 5.38 Å². The minimum Gasteiger partial charge on any atom is -0.362 e. The summed E-state index contributed by atoms with van der Waals surface area (Å²) in [4.78, 5) is 2.28. The van der Waals surface area contributed by atoms with E-state index >= 15 is 0 Å². The summed E-state index contributed by atoms with van der Waals surface area (Å²) in [5.41, 5.74) is -0.148. The van der Waals surface area contributed by atoms with Gasteiger partial charge < -0.3 is 4.74 Å². The average molecular weight is 190 g/mol. The highest BCUT2D eigenvalue weighted by Gasteiger charge is 2.53. The van der Waals surface area contributed by atoms with Crippen LogP contribution >= 0.6 is 11.6 Å². The predicted octanol–water partition coefficient (Wildman–Crippen LogP) is 1.68. The van der Waals surface area contributed by atoms with Crippen molar-refractivity contribution in [3.8, 4) is 0 Å². The van der Waals surface area contributed by atoms with E-state index in [-0.39, 0.29) is 11.1 Å². The van der Waals surface area contributed by atoms with Gasteiger partial charge in [0.2, 0.25) is 0 Å². The molecular weight excluding hydrogens is 174 g/mol. The Labute approximate surface area is 78.8 Å². The Morgan fingerprint density at radius 3 is 2.92 bits per heavy atom. The van der Waals surface area contributed by atoms with E-state index in [4.69, 9.17) is 16.3 Å². The topological polar surface area (TPSA) is 12.5 Å². The fraction of sp³-hybridized carbons (Fsp3) is 1.00. The summed E-state index contributed by atoms with van der Waals surface area (Å²) in [5, 5.41) is 0.196. The first kappa shape index (κ1) is 8.79. The first-order valence-corrected chi connectivity index (χ1v) is 5.05. The first-order chi connectivity index (χ1) is 5.70. The van der Waals surface area contributed by atoms with Gasteiger partial charge in [-0.05, 0) is 32.2 Å². The zero-order valence-electron chi connectivity index (χ0n) is 7.72. The minimum absolute atomic E-state index is 0.148. The molecule has 0 amide bonds. The lowest BCUT2D eigenvalue weighted by Gasteiger charge is -2.39. The van der Waals surface area contributed by atoms with Crippen molar-refractivity contribution in [3.05, 3.63) is 0 Å². The highest BCUT2D eigenvalue weighted by molar-refractivity contribution is 6.21. The molecular formula is C9H16ClNO. The lowest BCUT2D eigenvalue weighted by atomic mass is 9.87. The third-order valence-corrected chi connectivity index (χ3v) is 4.16. The van der Waals surface area contributed by atoms with Gasteiger partial charge in [-0.1, -0.05) is 0 Å². The minimum atomic E-state index is -0.148. The number of rotatable bonds is 1. The molecule has 0 spiro atoms. The van der Waals surface area contributed by atoms with Gasteiger partial charge >= 0.3 is 0 Å². The quantitative estimate of drug-likeness (QED) is 0.582. The molecule has 1 saturated heterocycles. The molecule has 3 atom stereocenters. The van der Waals surface area contributed by atoms with Crippen LogP contribution in [0, 0.1) is 5.92 Å². The Bertz CT molecular complexity index is 187. The van der Waals surface area contributed by atoms with Crippen LogP contribution in [0.25, 0.3) is 0 Å². The Morgan fingerprint density at radius 2 is 2.33 bits per heavy atom. The Kier molecular flexibility index (Phi) is 2.10. The number of hydrogen-bond donors (Lipinski definition) is 0. The van der Waals surface area contributed by atoms with Crippen LogP contribution in [-0.2, 0) is 4.74 Å². The number of alkyl halides is 1. The second kappa shape index (κ2) is 2.86. The Hall–Kier alpha value is 0.210. The Morgan fingerprint density at radius 1 is 1.58 bits per heavy atom. The van der Waals surface area contributed by atoms with Gasteiger partial charge in [-0.25, -0.2) is 0 Å². The molecule has 1 aliphatic carbocycles. The molecule has 2 aliphatic rings. The molecule has 0 aromatic rings. The van der Waals surface area contributed by atoms with Crippen molar-refractivity contribution >= 4 is 11.6 Å². The normalized spacial score (nSPS) is 48.2. The molecule has 2 rings (SSSR count). The third kappa shape index (κ3) is 0.949. The van der Waals surface area contributed by atoms with Crippen molar-refractivity contribution in [1.29, 1.82) is 0 Å². The zero-order valence-corrected chi connectivity index (χ0v) is 8.47. The van der Waals surface area contributed by atoms with Crippen LogP contribution in [0.3, 0.4) is 0 Å². The van der Waals surface area contributed by atoms with Crippen molar-refractivity contribution in [1.82, 2.24) is 4.90 Å². The van der Waals surface area contributed by atoms with Crippen LogP contribution in [0.1, 0.15) is 19.3 Å². The summed E-state index contributed by atoms with van der Waals surface area (Å²) in [7, 11) is 3.89. The second-order valence-corrected chi connectivity index (χ2v) is 4.45. The van der Waals surface area contributed by atoms with E-state index in [0.717, 1.165) is 13.0 Å². The molecule has 0 aromatic heterocycles. The predicted molar refractivity (Wildman–Crippen MR) is 49.4 cm³/mol. The molecule has 0 unspecified atom stereocenters. The third-order valence-electron chi connectivity index (χ3n) is 3.46. The largest absolute Gasteiger partial charge is 0.362 e. The highest BCUT2D eigenvalue weighted by atomic mass is 35.5. The molecule has 70 valence electrons. The molecule has 1 aliphatic heterocycles. The summed E-state index contributed by atoms with van der Waals surface area (Å²) in [5.74, 6) is 0.644. The van der Waals surface area contributed by atoms with Crippen LogP contribution in [0.2, 0.25) is 0 Å². The van der Waals surface area contributed by atoms with E-state index in [1.54, 1.807) is 7.11 Å². The molecule has 1 heterocycles.